The average Bonchev–Trinajstić information content (AvgIpc) is 3.39. The molecule has 1 fully saturated rings. The van der Waals surface area contributed by atoms with E-state index in [-0.39, 0.29) is 17.7 Å². The van der Waals surface area contributed by atoms with E-state index in [1.807, 2.05) is 45.0 Å². The molecule has 1 aliphatic carbocycles. The summed E-state index contributed by atoms with van der Waals surface area (Å²) in [7, 11) is 0. The highest BCUT2D eigenvalue weighted by Gasteiger charge is 2.51. The van der Waals surface area contributed by atoms with Gasteiger partial charge in [0.1, 0.15) is 0 Å². The SMILES string of the molecule is Cc1ccc(C2(C(=O)Nc3ccc(NC(=O)C(C)C)c(Cl)c3)CC2)cc1. The lowest BCUT2D eigenvalue weighted by Gasteiger charge is -2.17. The van der Waals surface area contributed by atoms with Gasteiger partial charge in [-0.1, -0.05) is 55.3 Å². The molecule has 0 bridgehead atoms. The van der Waals surface area contributed by atoms with Crippen molar-refractivity contribution < 1.29 is 9.59 Å². The van der Waals surface area contributed by atoms with Crippen molar-refractivity contribution in [2.75, 3.05) is 10.6 Å². The molecule has 0 spiro atoms. The summed E-state index contributed by atoms with van der Waals surface area (Å²) in [5.74, 6) is -0.244. The van der Waals surface area contributed by atoms with Gasteiger partial charge in [0.05, 0.1) is 16.1 Å². The smallest absolute Gasteiger partial charge is 0.235 e. The molecule has 26 heavy (non-hydrogen) atoms. The Morgan fingerprint density at radius 2 is 1.69 bits per heavy atom. The lowest BCUT2D eigenvalue weighted by atomic mass is 9.94. The molecule has 0 radical (unpaired) electrons. The molecule has 5 heteroatoms. The van der Waals surface area contributed by atoms with Crippen LogP contribution in [0.15, 0.2) is 42.5 Å². The van der Waals surface area contributed by atoms with Crippen LogP contribution in [0.5, 0.6) is 0 Å². The topological polar surface area (TPSA) is 58.2 Å². The van der Waals surface area contributed by atoms with E-state index >= 15 is 0 Å². The van der Waals surface area contributed by atoms with Crippen molar-refractivity contribution in [3.8, 4) is 0 Å². The molecule has 2 aromatic rings. The fourth-order valence-electron chi connectivity index (χ4n) is 2.87. The quantitative estimate of drug-likeness (QED) is 0.785. The van der Waals surface area contributed by atoms with Gasteiger partial charge in [0.25, 0.3) is 0 Å². The van der Waals surface area contributed by atoms with Crippen molar-refractivity contribution in [3.05, 3.63) is 58.6 Å². The van der Waals surface area contributed by atoms with Gasteiger partial charge in [0.2, 0.25) is 11.8 Å². The number of amides is 2. The van der Waals surface area contributed by atoms with E-state index in [9.17, 15) is 9.59 Å². The highest BCUT2D eigenvalue weighted by Crippen LogP contribution is 2.49. The molecular formula is C21H23ClN2O2. The maximum Gasteiger partial charge on any atom is 0.235 e. The first-order valence-electron chi connectivity index (χ1n) is 8.81. The second-order valence-electron chi connectivity index (χ2n) is 7.24. The molecule has 1 saturated carbocycles. The molecule has 4 nitrogen and oxygen atoms in total. The molecule has 0 unspecified atom stereocenters. The van der Waals surface area contributed by atoms with Crippen LogP contribution in [0.1, 0.15) is 37.8 Å². The summed E-state index contributed by atoms with van der Waals surface area (Å²) in [6.07, 6.45) is 1.69. The maximum atomic E-state index is 12.8. The minimum atomic E-state index is -0.440. The van der Waals surface area contributed by atoms with Crippen molar-refractivity contribution in [1.29, 1.82) is 0 Å². The van der Waals surface area contributed by atoms with Crippen LogP contribution in [-0.4, -0.2) is 11.8 Å². The van der Waals surface area contributed by atoms with Crippen LogP contribution < -0.4 is 10.6 Å². The van der Waals surface area contributed by atoms with E-state index < -0.39 is 5.41 Å². The number of halogens is 1. The Bertz CT molecular complexity index is 840. The summed E-state index contributed by atoms with van der Waals surface area (Å²) in [6, 6.07) is 13.3. The minimum Gasteiger partial charge on any atom is -0.325 e. The normalized spacial score (nSPS) is 14.8. The molecule has 0 atom stereocenters. The predicted molar refractivity (Wildman–Crippen MR) is 106 cm³/mol. The van der Waals surface area contributed by atoms with Crippen LogP contribution in [0.25, 0.3) is 0 Å². The van der Waals surface area contributed by atoms with E-state index in [0.717, 1.165) is 18.4 Å². The van der Waals surface area contributed by atoms with Gasteiger partial charge in [0.15, 0.2) is 0 Å². The Labute approximate surface area is 158 Å². The highest BCUT2D eigenvalue weighted by molar-refractivity contribution is 6.34. The van der Waals surface area contributed by atoms with Crippen LogP contribution in [0, 0.1) is 12.8 Å². The van der Waals surface area contributed by atoms with Crippen molar-refractivity contribution in [1.82, 2.24) is 0 Å². The first-order chi connectivity index (χ1) is 12.3. The van der Waals surface area contributed by atoms with Gasteiger partial charge in [-0.15, -0.1) is 0 Å². The summed E-state index contributed by atoms with van der Waals surface area (Å²) in [6.45, 7) is 5.67. The molecule has 0 saturated heterocycles. The molecule has 0 heterocycles. The van der Waals surface area contributed by atoms with Crippen molar-refractivity contribution in [2.45, 2.75) is 39.0 Å². The number of nitrogens with one attached hydrogen (secondary N) is 2. The van der Waals surface area contributed by atoms with Gasteiger partial charge in [-0.05, 0) is 43.5 Å². The van der Waals surface area contributed by atoms with Crippen LogP contribution in [0.3, 0.4) is 0 Å². The third-order valence-corrected chi connectivity index (χ3v) is 5.11. The minimum absolute atomic E-state index is 0.0172. The van der Waals surface area contributed by atoms with Gasteiger partial charge in [0, 0.05) is 11.6 Å². The van der Waals surface area contributed by atoms with Gasteiger partial charge >= 0.3 is 0 Å². The van der Waals surface area contributed by atoms with Crippen LogP contribution in [0.2, 0.25) is 5.02 Å². The molecule has 1 aliphatic rings. The third-order valence-electron chi connectivity index (χ3n) is 4.80. The number of aryl methyl sites for hydroxylation is 1. The molecule has 2 amide bonds. The first kappa shape index (κ1) is 18.5. The van der Waals surface area contributed by atoms with Gasteiger partial charge < -0.3 is 10.6 Å². The van der Waals surface area contributed by atoms with Crippen molar-refractivity contribution in [2.24, 2.45) is 5.92 Å². The Balaban J connectivity index is 1.73. The second kappa shape index (κ2) is 7.12. The molecule has 2 aromatic carbocycles. The van der Waals surface area contributed by atoms with Crippen molar-refractivity contribution >= 4 is 34.8 Å². The van der Waals surface area contributed by atoms with Crippen molar-refractivity contribution in [3.63, 3.8) is 0 Å². The molecule has 136 valence electrons. The zero-order valence-electron chi connectivity index (χ0n) is 15.2. The Hall–Kier alpha value is -2.33. The number of rotatable bonds is 5. The fraction of sp³-hybridized carbons (Fsp3) is 0.333. The number of carbonyl (C=O) groups excluding carboxylic acids is 2. The highest BCUT2D eigenvalue weighted by atomic mass is 35.5. The molecule has 2 N–H and O–H groups in total. The van der Waals surface area contributed by atoms with Crippen LogP contribution >= 0.6 is 11.6 Å². The Kier molecular flexibility index (Phi) is 5.05. The summed E-state index contributed by atoms with van der Waals surface area (Å²) < 4.78 is 0. The third kappa shape index (κ3) is 3.75. The maximum absolute atomic E-state index is 12.8. The summed E-state index contributed by atoms with van der Waals surface area (Å²) in [5.41, 5.74) is 2.96. The molecular weight excluding hydrogens is 348 g/mol. The van der Waals surface area contributed by atoms with Crippen LogP contribution in [-0.2, 0) is 15.0 Å². The summed E-state index contributed by atoms with van der Waals surface area (Å²) >= 11 is 6.26. The standard InChI is InChI=1S/C21H23ClN2O2/c1-13(2)19(25)24-18-9-8-16(12-17(18)22)23-20(26)21(10-11-21)15-6-4-14(3)5-7-15/h4-9,12-13H,10-11H2,1-3H3,(H,23,26)(H,24,25). The first-order valence-corrected chi connectivity index (χ1v) is 9.19. The predicted octanol–water partition coefficient (Wildman–Crippen LogP) is 4.91. The van der Waals surface area contributed by atoms with Gasteiger partial charge in [-0.25, -0.2) is 0 Å². The molecule has 3 rings (SSSR count). The van der Waals surface area contributed by atoms with E-state index in [1.54, 1.807) is 18.2 Å². The number of hydrogen-bond acceptors (Lipinski definition) is 2. The van der Waals surface area contributed by atoms with Crippen LogP contribution in [0.4, 0.5) is 11.4 Å². The molecule has 0 aliphatic heterocycles. The lowest BCUT2D eigenvalue weighted by molar-refractivity contribution is -0.119. The summed E-state index contributed by atoms with van der Waals surface area (Å²) in [5, 5.41) is 6.15. The van der Waals surface area contributed by atoms with Gasteiger partial charge in [-0.2, -0.15) is 0 Å². The zero-order chi connectivity index (χ0) is 18.9. The average molecular weight is 371 g/mol. The number of benzene rings is 2. The lowest BCUT2D eigenvalue weighted by Crippen LogP contribution is -2.27. The second-order valence-corrected chi connectivity index (χ2v) is 7.65. The van der Waals surface area contributed by atoms with E-state index in [1.165, 1.54) is 5.56 Å². The van der Waals surface area contributed by atoms with E-state index in [4.69, 9.17) is 11.6 Å². The molecule has 0 aromatic heterocycles. The van der Waals surface area contributed by atoms with E-state index in [2.05, 4.69) is 10.6 Å². The zero-order valence-corrected chi connectivity index (χ0v) is 16.0. The number of hydrogen-bond donors (Lipinski definition) is 2. The largest absolute Gasteiger partial charge is 0.325 e. The monoisotopic (exact) mass is 370 g/mol. The van der Waals surface area contributed by atoms with Gasteiger partial charge in [-0.3, -0.25) is 9.59 Å². The number of carbonyl (C=O) groups is 2. The fourth-order valence-corrected chi connectivity index (χ4v) is 3.09. The Morgan fingerprint density at radius 1 is 1.04 bits per heavy atom. The van der Waals surface area contributed by atoms with E-state index in [0.29, 0.717) is 16.4 Å². The Morgan fingerprint density at radius 3 is 2.23 bits per heavy atom. The number of anilines is 2. The summed E-state index contributed by atoms with van der Waals surface area (Å²) in [4.78, 5) is 24.6.